The molecule has 2 aromatic heterocycles. The van der Waals surface area contributed by atoms with E-state index in [1.54, 1.807) is 31.6 Å². The highest BCUT2D eigenvalue weighted by molar-refractivity contribution is 14.0. The quantitative estimate of drug-likeness (QED) is 0.171. The Morgan fingerprint density at radius 1 is 1.16 bits per heavy atom. The summed E-state index contributed by atoms with van der Waals surface area (Å²) in [5.41, 5.74) is 0.979. The molecule has 0 bridgehead atoms. The van der Waals surface area contributed by atoms with E-state index < -0.39 is 0 Å². The van der Waals surface area contributed by atoms with Gasteiger partial charge in [0, 0.05) is 39.0 Å². The Bertz CT molecular complexity index is 921. The Morgan fingerprint density at radius 2 is 2.00 bits per heavy atom. The maximum Gasteiger partial charge on any atom is 0.219 e. The number of furan rings is 1. The molecule has 0 radical (unpaired) electrons. The summed E-state index contributed by atoms with van der Waals surface area (Å²) >= 11 is 0. The second-order valence-corrected chi connectivity index (χ2v) is 6.40. The van der Waals surface area contributed by atoms with Gasteiger partial charge in [-0.2, -0.15) is 0 Å². The third-order valence-electron chi connectivity index (χ3n) is 4.10. The van der Waals surface area contributed by atoms with Crippen LogP contribution in [0.1, 0.15) is 17.7 Å². The second-order valence-electron chi connectivity index (χ2n) is 6.40. The highest BCUT2D eigenvalue weighted by Gasteiger charge is 2.03. The number of aromatic nitrogens is 1. The zero-order valence-corrected chi connectivity index (χ0v) is 19.5. The third-order valence-corrected chi connectivity index (χ3v) is 4.10. The SMILES string of the molecule is CN=C(NCCCOCc1ccco1)NCc1ccnc(Oc2ccc(F)cc2)c1.I. The zero-order chi connectivity index (χ0) is 21.0. The van der Waals surface area contributed by atoms with E-state index >= 15 is 0 Å². The molecule has 9 heteroatoms. The number of rotatable bonds is 10. The predicted molar refractivity (Wildman–Crippen MR) is 127 cm³/mol. The summed E-state index contributed by atoms with van der Waals surface area (Å²) in [4.78, 5) is 8.41. The van der Waals surface area contributed by atoms with Crippen molar-refractivity contribution in [2.45, 2.75) is 19.6 Å². The van der Waals surface area contributed by atoms with Crippen LogP contribution in [0.3, 0.4) is 0 Å². The van der Waals surface area contributed by atoms with Gasteiger partial charge >= 0.3 is 0 Å². The van der Waals surface area contributed by atoms with E-state index in [-0.39, 0.29) is 29.8 Å². The highest BCUT2D eigenvalue weighted by atomic mass is 127. The molecule has 3 rings (SSSR count). The van der Waals surface area contributed by atoms with Crippen molar-refractivity contribution >= 4 is 29.9 Å². The van der Waals surface area contributed by atoms with Crippen LogP contribution >= 0.6 is 24.0 Å². The minimum absolute atomic E-state index is 0. The van der Waals surface area contributed by atoms with E-state index in [9.17, 15) is 4.39 Å². The minimum atomic E-state index is -0.309. The Hall–Kier alpha value is -2.66. The van der Waals surface area contributed by atoms with Gasteiger partial charge < -0.3 is 24.5 Å². The molecule has 0 saturated carbocycles. The molecular formula is C22H26FIN4O3. The van der Waals surface area contributed by atoms with Crippen LogP contribution in [0.15, 0.2) is 70.4 Å². The summed E-state index contributed by atoms with van der Waals surface area (Å²) in [7, 11) is 1.72. The van der Waals surface area contributed by atoms with E-state index in [0.29, 0.717) is 37.3 Å². The zero-order valence-electron chi connectivity index (χ0n) is 17.2. The number of nitrogens with zero attached hydrogens (tertiary/aromatic N) is 2. The number of guanidine groups is 1. The van der Waals surface area contributed by atoms with Crippen LogP contribution in [0.2, 0.25) is 0 Å². The van der Waals surface area contributed by atoms with Gasteiger partial charge in [0.25, 0.3) is 0 Å². The fourth-order valence-electron chi connectivity index (χ4n) is 2.59. The molecule has 0 unspecified atom stereocenters. The lowest BCUT2D eigenvalue weighted by molar-refractivity contribution is 0.105. The normalized spacial score (nSPS) is 11.0. The molecule has 2 heterocycles. The molecule has 1 aromatic carbocycles. The van der Waals surface area contributed by atoms with Crippen molar-refractivity contribution in [3.8, 4) is 11.6 Å². The molecule has 166 valence electrons. The van der Waals surface area contributed by atoms with Gasteiger partial charge in [0.05, 0.1) is 6.26 Å². The van der Waals surface area contributed by atoms with Crippen LogP contribution in [0.4, 0.5) is 4.39 Å². The minimum Gasteiger partial charge on any atom is -0.467 e. The molecule has 0 spiro atoms. The number of hydrogen-bond donors (Lipinski definition) is 2. The number of nitrogens with one attached hydrogen (secondary N) is 2. The summed E-state index contributed by atoms with van der Waals surface area (Å²) in [6.07, 6.45) is 4.14. The van der Waals surface area contributed by atoms with Crippen molar-refractivity contribution in [1.82, 2.24) is 15.6 Å². The van der Waals surface area contributed by atoms with Crippen molar-refractivity contribution in [3.05, 3.63) is 78.1 Å². The average Bonchev–Trinajstić information content (AvgIpc) is 3.28. The second kappa shape index (κ2) is 13.6. The van der Waals surface area contributed by atoms with Gasteiger partial charge in [-0.3, -0.25) is 4.99 Å². The van der Waals surface area contributed by atoms with Crippen molar-refractivity contribution in [2.24, 2.45) is 4.99 Å². The first kappa shape index (κ1) is 24.6. The number of hydrogen-bond acceptors (Lipinski definition) is 5. The van der Waals surface area contributed by atoms with Crippen molar-refractivity contribution in [2.75, 3.05) is 20.2 Å². The lowest BCUT2D eigenvalue weighted by Crippen LogP contribution is -2.37. The number of aliphatic imine (C=N–C) groups is 1. The van der Waals surface area contributed by atoms with E-state index in [2.05, 4.69) is 20.6 Å². The van der Waals surface area contributed by atoms with Crippen LogP contribution in [0.5, 0.6) is 11.6 Å². The van der Waals surface area contributed by atoms with Gasteiger partial charge in [0.2, 0.25) is 5.88 Å². The number of ether oxygens (including phenoxy) is 2. The smallest absolute Gasteiger partial charge is 0.219 e. The largest absolute Gasteiger partial charge is 0.467 e. The summed E-state index contributed by atoms with van der Waals surface area (Å²) in [5, 5.41) is 6.49. The molecule has 0 fully saturated rings. The van der Waals surface area contributed by atoms with Crippen LogP contribution < -0.4 is 15.4 Å². The predicted octanol–water partition coefficient (Wildman–Crippen LogP) is 4.50. The monoisotopic (exact) mass is 540 g/mol. The van der Waals surface area contributed by atoms with Crippen LogP contribution in [0.25, 0.3) is 0 Å². The summed E-state index contributed by atoms with van der Waals surface area (Å²) in [5.74, 6) is 2.17. The van der Waals surface area contributed by atoms with Crippen molar-refractivity contribution in [3.63, 3.8) is 0 Å². The fraction of sp³-hybridized carbons (Fsp3) is 0.273. The Morgan fingerprint density at radius 3 is 2.74 bits per heavy atom. The van der Waals surface area contributed by atoms with E-state index in [1.165, 1.54) is 12.1 Å². The first-order chi connectivity index (χ1) is 14.7. The van der Waals surface area contributed by atoms with E-state index in [0.717, 1.165) is 24.3 Å². The Balaban J connectivity index is 0.00000341. The maximum absolute atomic E-state index is 13.0. The van der Waals surface area contributed by atoms with Crippen LogP contribution in [-0.4, -0.2) is 31.1 Å². The standard InChI is InChI=1S/C22H25FN4O3.HI/c1-24-22(26-10-3-12-28-16-20-4-2-13-29-20)27-15-17-9-11-25-21(14-17)30-19-7-5-18(23)6-8-19;/h2,4-9,11,13-14H,3,10,12,15-16H2,1H3,(H2,24,26,27);1H. The Labute approximate surface area is 198 Å². The lowest BCUT2D eigenvalue weighted by atomic mass is 10.2. The first-order valence-corrected chi connectivity index (χ1v) is 9.66. The highest BCUT2D eigenvalue weighted by Crippen LogP contribution is 2.20. The first-order valence-electron chi connectivity index (χ1n) is 9.66. The van der Waals surface area contributed by atoms with Crippen LogP contribution in [-0.2, 0) is 17.9 Å². The average molecular weight is 540 g/mol. The molecule has 0 aliphatic rings. The molecular weight excluding hydrogens is 514 g/mol. The van der Waals surface area contributed by atoms with Gasteiger partial charge in [0.1, 0.15) is 23.9 Å². The molecule has 2 N–H and O–H groups in total. The van der Waals surface area contributed by atoms with Gasteiger partial charge in [-0.15, -0.1) is 24.0 Å². The van der Waals surface area contributed by atoms with Gasteiger partial charge in [-0.1, -0.05) is 0 Å². The number of benzene rings is 1. The van der Waals surface area contributed by atoms with Crippen molar-refractivity contribution in [1.29, 1.82) is 0 Å². The van der Waals surface area contributed by atoms with E-state index in [4.69, 9.17) is 13.9 Å². The van der Waals surface area contributed by atoms with Gasteiger partial charge in [0.15, 0.2) is 5.96 Å². The molecule has 0 atom stereocenters. The number of pyridine rings is 1. The molecule has 3 aromatic rings. The summed E-state index contributed by atoms with van der Waals surface area (Å²) in [6.45, 7) is 2.38. The molecule has 7 nitrogen and oxygen atoms in total. The molecule has 0 amide bonds. The van der Waals surface area contributed by atoms with Crippen molar-refractivity contribution < 1.29 is 18.3 Å². The maximum atomic E-state index is 13.0. The Kier molecular flexibility index (Phi) is 10.8. The molecule has 31 heavy (non-hydrogen) atoms. The summed E-state index contributed by atoms with van der Waals surface area (Å²) < 4.78 is 29.4. The lowest BCUT2D eigenvalue weighted by Gasteiger charge is -2.12. The van der Waals surface area contributed by atoms with Crippen LogP contribution in [0, 0.1) is 5.82 Å². The van der Waals surface area contributed by atoms with E-state index in [1.807, 2.05) is 24.3 Å². The summed E-state index contributed by atoms with van der Waals surface area (Å²) in [6, 6.07) is 13.3. The molecule has 0 aliphatic carbocycles. The van der Waals surface area contributed by atoms with Gasteiger partial charge in [-0.25, -0.2) is 9.37 Å². The fourth-order valence-corrected chi connectivity index (χ4v) is 2.59. The molecule has 0 saturated heterocycles. The number of halogens is 2. The molecule has 0 aliphatic heterocycles. The third kappa shape index (κ3) is 8.93. The topological polar surface area (TPSA) is 80.9 Å². The van der Waals surface area contributed by atoms with Gasteiger partial charge in [-0.05, 0) is 54.4 Å².